The third-order valence-corrected chi connectivity index (χ3v) is 11.8. The number of ether oxygens (including phenoxy) is 2. The number of carbonyl (C=O) groups is 3. The topological polar surface area (TPSA) is 169 Å². The second-order valence-corrected chi connectivity index (χ2v) is 15.5. The first-order chi connectivity index (χ1) is 25.6. The van der Waals surface area contributed by atoms with E-state index in [1.165, 1.54) is 40.1 Å². The van der Waals surface area contributed by atoms with Gasteiger partial charge in [0.25, 0.3) is 5.91 Å². The minimum absolute atomic E-state index is 0.0380. The van der Waals surface area contributed by atoms with Gasteiger partial charge in [0.05, 0.1) is 49.0 Å². The van der Waals surface area contributed by atoms with E-state index in [1.807, 2.05) is 0 Å². The van der Waals surface area contributed by atoms with Crippen molar-refractivity contribution in [3.8, 4) is 11.4 Å². The number of pyridine rings is 1. The Labute approximate surface area is 311 Å². The molecule has 2 aromatic carbocycles. The van der Waals surface area contributed by atoms with Crippen molar-refractivity contribution in [3.05, 3.63) is 89.1 Å². The third kappa shape index (κ3) is 8.11. The standard InChI is InChI=1S/C36H38ClN7O8S/c37-29-3-1-27-18-32(4-2-26(27)17-29)53(49,50)43-23-30(19-33(45)40-9-13-51-14-10-40)44(31(24-43)20-34(46)41-11-15-52-16-12-41)36(47)28-21-38-35(39-22-28)25-5-7-42(48)8-6-25/h1-8,17-18,21-22,30-31H,9-16,19-20,23-24H2. The summed E-state index contributed by atoms with van der Waals surface area (Å²) in [5.74, 6) is -0.778. The molecule has 15 nitrogen and oxygen atoms in total. The second kappa shape index (κ2) is 15.7. The van der Waals surface area contributed by atoms with Crippen LogP contribution in [0.15, 0.2) is 78.2 Å². The SMILES string of the molecule is O=C(CC1CN(S(=O)(=O)c2ccc3cc(Cl)ccc3c2)CC(CC(=O)N2CCOCC2)N1C(=O)c1cnc(-c2cc[n+]([O-])cc2)nc1)N1CCOCC1. The van der Waals surface area contributed by atoms with Crippen LogP contribution in [0.2, 0.25) is 5.02 Å². The van der Waals surface area contributed by atoms with Gasteiger partial charge in [-0.2, -0.15) is 9.04 Å². The van der Waals surface area contributed by atoms with Crippen LogP contribution < -0.4 is 4.73 Å². The summed E-state index contributed by atoms with van der Waals surface area (Å²) in [4.78, 5) is 55.7. The van der Waals surface area contributed by atoms with Crippen molar-refractivity contribution in [1.29, 1.82) is 0 Å². The monoisotopic (exact) mass is 763 g/mol. The van der Waals surface area contributed by atoms with Gasteiger partial charge in [0.2, 0.25) is 21.8 Å². The first kappa shape index (κ1) is 36.6. The number of nitrogens with zero attached hydrogens (tertiary/aromatic N) is 7. The van der Waals surface area contributed by atoms with Gasteiger partial charge < -0.3 is 29.4 Å². The molecule has 7 rings (SSSR count). The zero-order valence-corrected chi connectivity index (χ0v) is 30.3. The van der Waals surface area contributed by atoms with Crippen LogP contribution in [-0.2, 0) is 29.1 Å². The Morgan fingerprint density at radius 1 is 0.792 bits per heavy atom. The number of piperazine rings is 1. The second-order valence-electron chi connectivity index (χ2n) is 13.1. The highest BCUT2D eigenvalue weighted by molar-refractivity contribution is 7.89. The van der Waals surface area contributed by atoms with E-state index in [-0.39, 0.29) is 54.0 Å². The molecule has 0 radical (unpaired) electrons. The van der Waals surface area contributed by atoms with Crippen molar-refractivity contribution in [3.63, 3.8) is 0 Å². The molecule has 4 aromatic rings. The van der Waals surface area contributed by atoms with Crippen LogP contribution in [0.4, 0.5) is 0 Å². The Morgan fingerprint density at radius 2 is 1.32 bits per heavy atom. The lowest BCUT2D eigenvalue weighted by Crippen LogP contribution is -2.63. The van der Waals surface area contributed by atoms with Gasteiger partial charge >= 0.3 is 0 Å². The highest BCUT2D eigenvalue weighted by Crippen LogP contribution is 2.31. The average Bonchev–Trinajstić information content (AvgIpc) is 3.18. The van der Waals surface area contributed by atoms with Crippen LogP contribution in [0.25, 0.3) is 22.2 Å². The number of halogens is 1. The molecule has 3 amide bonds. The lowest BCUT2D eigenvalue weighted by molar-refractivity contribution is -0.605. The molecule has 0 N–H and O–H groups in total. The molecule has 3 aliphatic heterocycles. The largest absolute Gasteiger partial charge is 0.619 e. The highest BCUT2D eigenvalue weighted by Gasteiger charge is 2.45. The van der Waals surface area contributed by atoms with Crippen LogP contribution in [-0.4, -0.2) is 133 Å². The third-order valence-electron chi connectivity index (χ3n) is 9.77. The Balaban J connectivity index is 1.25. The molecule has 53 heavy (non-hydrogen) atoms. The average molecular weight is 764 g/mol. The molecule has 3 fully saturated rings. The molecule has 3 aliphatic rings. The highest BCUT2D eigenvalue weighted by atomic mass is 35.5. The molecule has 0 bridgehead atoms. The van der Waals surface area contributed by atoms with Gasteiger partial charge in [-0.3, -0.25) is 14.4 Å². The molecule has 0 saturated carbocycles. The van der Waals surface area contributed by atoms with Crippen LogP contribution in [0.1, 0.15) is 23.2 Å². The maximum absolute atomic E-state index is 14.6. The summed E-state index contributed by atoms with van der Waals surface area (Å²) in [6.45, 7) is 2.53. The molecule has 3 saturated heterocycles. The normalized spacial score (nSPS) is 20.1. The molecule has 278 valence electrons. The maximum Gasteiger partial charge on any atom is 0.257 e. The van der Waals surface area contributed by atoms with Crippen molar-refractivity contribution < 1.29 is 37.0 Å². The van der Waals surface area contributed by atoms with Crippen LogP contribution in [0.3, 0.4) is 0 Å². The Kier molecular flexibility index (Phi) is 10.8. The van der Waals surface area contributed by atoms with Crippen molar-refractivity contribution in [2.75, 3.05) is 65.7 Å². The van der Waals surface area contributed by atoms with Crippen molar-refractivity contribution >= 4 is 50.1 Å². The summed E-state index contributed by atoms with van der Waals surface area (Å²) >= 11 is 6.17. The fourth-order valence-corrected chi connectivity index (χ4v) is 8.69. The predicted octanol–water partition coefficient (Wildman–Crippen LogP) is 1.97. The Hall–Kier alpha value is -4.74. The minimum Gasteiger partial charge on any atom is -0.619 e. The molecule has 2 atom stereocenters. The van der Waals surface area contributed by atoms with Crippen molar-refractivity contribution in [1.82, 2.24) is 29.0 Å². The molecule has 17 heteroatoms. The number of morpholine rings is 2. The van der Waals surface area contributed by atoms with E-state index in [9.17, 15) is 28.0 Å². The number of rotatable bonds is 8. The van der Waals surface area contributed by atoms with Gasteiger partial charge in [-0.25, -0.2) is 18.4 Å². The zero-order chi connectivity index (χ0) is 37.1. The number of carbonyl (C=O) groups excluding carboxylic acids is 3. The van der Waals surface area contributed by atoms with E-state index in [0.29, 0.717) is 73.3 Å². The quantitative estimate of drug-likeness (QED) is 0.191. The summed E-state index contributed by atoms with van der Waals surface area (Å²) in [5.41, 5.74) is 0.662. The van der Waals surface area contributed by atoms with Gasteiger partial charge in [-0.05, 0) is 35.0 Å². The molecule has 5 heterocycles. The number of amides is 3. The molecule has 0 aliphatic carbocycles. The Bertz CT molecular complexity index is 2050. The van der Waals surface area contributed by atoms with Crippen molar-refractivity contribution in [2.45, 2.75) is 29.8 Å². The summed E-state index contributed by atoms with van der Waals surface area (Å²) in [6.07, 6.45) is 4.96. The number of hydrogen-bond acceptors (Lipinski definition) is 10. The fourth-order valence-electron chi connectivity index (χ4n) is 6.96. The van der Waals surface area contributed by atoms with E-state index >= 15 is 0 Å². The van der Waals surface area contributed by atoms with Crippen LogP contribution >= 0.6 is 11.6 Å². The van der Waals surface area contributed by atoms with Gasteiger partial charge in [0.1, 0.15) is 0 Å². The Morgan fingerprint density at radius 3 is 1.89 bits per heavy atom. The number of fused-ring (bicyclic) bond motifs is 1. The molecule has 0 spiro atoms. The molecule has 2 aromatic heterocycles. The predicted molar refractivity (Wildman–Crippen MR) is 192 cm³/mol. The van der Waals surface area contributed by atoms with Gasteiger partial charge in [-0.15, -0.1) is 0 Å². The van der Waals surface area contributed by atoms with Gasteiger partial charge in [0.15, 0.2) is 18.2 Å². The van der Waals surface area contributed by atoms with E-state index in [2.05, 4.69) is 9.97 Å². The summed E-state index contributed by atoms with van der Waals surface area (Å²) < 4.78 is 41.7. The van der Waals surface area contributed by atoms with E-state index < -0.39 is 28.0 Å². The molecular formula is C36H38ClN7O8S. The smallest absolute Gasteiger partial charge is 0.257 e. The van der Waals surface area contributed by atoms with Crippen molar-refractivity contribution in [2.24, 2.45) is 0 Å². The summed E-state index contributed by atoms with van der Waals surface area (Å²) in [6, 6.07) is 11.2. The van der Waals surface area contributed by atoms with Gasteiger partial charge in [0, 0.05) is 87.2 Å². The first-order valence-electron chi connectivity index (χ1n) is 17.3. The lowest BCUT2D eigenvalue weighted by atomic mass is 9.99. The van der Waals surface area contributed by atoms with Gasteiger partial charge in [-0.1, -0.05) is 23.7 Å². The minimum atomic E-state index is -4.18. The maximum atomic E-state index is 14.6. The van der Waals surface area contributed by atoms with Crippen LogP contribution in [0.5, 0.6) is 0 Å². The summed E-state index contributed by atoms with van der Waals surface area (Å²) in [7, 11) is -4.18. The van der Waals surface area contributed by atoms with E-state index in [0.717, 1.165) is 5.39 Å². The number of aromatic nitrogens is 3. The van der Waals surface area contributed by atoms with E-state index in [1.54, 1.807) is 52.3 Å². The fraction of sp³-hybridized carbons (Fsp3) is 0.389. The summed E-state index contributed by atoms with van der Waals surface area (Å²) in [5, 5.41) is 13.5. The molecule has 2 unspecified atom stereocenters. The number of sulfonamides is 1. The molecular weight excluding hydrogens is 726 g/mol. The zero-order valence-electron chi connectivity index (χ0n) is 28.8. The first-order valence-corrected chi connectivity index (χ1v) is 19.1. The number of benzene rings is 2. The van der Waals surface area contributed by atoms with E-state index in [4.69, 9.17) is 21.1 Å². The number of hydrogen-bond donors (Lipinski definition) is 0. The lowest BCUT2D eigenvalue weighted by Gasteiger charge is -2.46. The van der Waals surface area contributed by atoms with Crippen LogP contribution in [0, 0.1) is 5.21 Å².